The predicted molar refractivity (Wildman–Crippen MR) is 104 cm³/mol. The minimum atomic E-state index is -1.07. The van der Waals surface area contributed by atoms with Crippen molar-refractivity contribution in [3.05, 3.63) is 59.2 Å². The Morgan fingerprint density at radius 2 is 1.71 bits per heavy atom. The molecular formula is C22H24N2O4. The Labute approximate surface area is 164 Å². The number of methoxy groups -OCH3 is 2. The van der Waals surface area contributed by atoms with Gasteiger partial charge in [-0.15, -0.1) is 0 Å². The zero-order valence-electron chi connectivity index (χ0n) is 16.4. The summed E-state index contributed by atoms with van der Waals surface area (Å²) in [5.74, 6) is 1.10. The number of hydrogen-bond donors (Lipinski definition) is 0. The van der Waals surface area contributed by atoms with E-state index in [2.05, 4.69) is 0 Å². The monoisotopic (exact) mass is 380 g/mol. The molecule has 1 atom stereocenters. The van der Waals surface area contributed by atoms with Gasteiger partial charge in [0.15, 0.2) is 17.0 Å². The maximum absolute atomic E-state index is 13.6. The molecule has 2 aromatic carbocycles. The number of likely N-dealkylation sites (N-methyl/N-ethyl adjacent to an activating group) is 1. The maximum Gasteiger partial charge on any atom is 0.253 e. The molecule has 0 bridgehead atoms. The number of ether oxygens (including phenoxy) is 2. The van der Waals surface area contributed by atoms with Crippen molar-refractivity contribution in [2.24, 2.45) is 0 Å². The summed E-state index contributed by atoms with van der Waals surface area (Å²) in [4.78, 5) is 29.8. The molecule has 6 heteroatoms. The second kappa shape index (κ2) is 6.86. The molecule has 2 aliphatic rings. The molecule has 4 rings (SSSR count). The Bertz CT molecular complexity index is 928. The molecular weight excluding hydrogens is 356 g/mol. The fourth-order valence-corrected chi connectivity index (χ4v) is 4.48. The highest BCUT2D eigenvalue weighted by Crippen LogP contribution is 2.45. The summed E-state index contributed by atoms with van der Waals surface area (Å²) in [5, 5.41) is 0. The van der Waals surface area contributed by atoms with Crippen LogP contribution in [0.4, 0.5) is 0 Å². The van der Waals surface area contributed by atoms with E-state index in [1.807, 2.05) is 42.5 Å². The van der Waals surface area contributed by atoms with Crippen LogP contribution >= 0.6 is 0 Å². The van der Waals surface area contributed by atoms with Crippen LogP contribution in [0.5, 0.6) is 11.5 Å². The van der Waals surface area contributed by atoms with Gasteiger partial charge in [-0.3, -0.25) is 9.59 Å². The highest BCUT2D eigenvalue weighted by atomic mass is 16.5. The second-order valence-corrected chi connectivity index (χ2v) is 7.34. The summed E-state index contributed by atoms with van der Waals surface area (Å²) in [6.45, 7) is 0.617. The van der Waals surface area contributed by atoms with Crippen LogP contribution in [0.3, 0.4) is 0 Å². The largest absolute Gasteiger partial charge is 0.493 e. The van der Waals surface area contributed by atoms with Crippen LogP contribution in [-0.4, -0.2) is 56.0 Å². The molecule has 0 N–H and O–H groups in total. The SMILES string of the molecule is COc1cc2c(cc1OC)[C@@]1(Cc3ccccc3)C(=O)N(C)CC(=O)N1CC2. The molecule has 2 aromatic rings. The number of fused-ring (bicyclic) bond motifs is 3. The van der Waals surface area contributed by atoms with Gasteiger partial charge in [-0.05, 0) is 35.2 Å². The molecule has 0 aliphatic carbocycles. The Kier molecular flexibility index (Phi) is 4.49. The average molecular weight is 380 g/mol. The molecule has 2 heterocycles. The second-order valence-electron chi connectivity index (χ2n) is 7.34. The van der Waals surface area contributed by atoms with Crippen LogP contribution in [-0.2, 0) is 28.0 Å². The van der Waals surface area contributed by atoms with Gasteiger partial charge in [0.25, 0.3) is 5.91 Å². The standard InChI is InChI=1S/C22H24N2O4/c1-23-14-20(25)24-10-9-16-11-18(27-2)19(28-3)12-17(16)22(24,21(23)26)13-15-7-5-4-6-8-15/h4-8,11-12H,9-10,13-14H2,1-3H3/t22-/m0/s1. The molecule has 0 saturated carbocycles. The van der Waals surface area contributed by atoms with E-state index in [-0.39, 0.29) is 18.4 Å². The van der Waals surface area contributed by atoms with Gasteiger partial charge >= 0.3 is 0 Å². The lowest BCUT2D eigenvalue weighted by Crippen LogP contribution is -2.68. The van der Waals surface area contributed by atoms with Gasteiger partial charge < -0.3 is 19.3 Å². The average Bonchev–Trinajstić information content (AvgIpc) is 2.71. The molecule has 1 fully saturated rings. The molecule has 0 radical (unpaired) electrons. The van der Waals surface area contributed by atoms with Crippen LogP contribution in [0.1, 0.15) is 16.7 Å². The number of carbonyl (C=O) groups is 2. The maximum atomic E-state index is 13.6. The van der Waals surface area contributed by atoms with Crippen molar-refractivity contribution in [2.45, 2.75) is 18.4 Å². The number of amides is 2. The van der Waals surface area contributed by atoms with E-state index in [4.69, 9.17) is 9.47 Å². The number of hydrogen-bond acceptors (Lipinski definition) is 4. The number of benzene rings is 2. The smallest absolute Gasteiger partial charge is 0.253 e. The van der Waals surface area contributed by atoms with Crippen LogP contribution in [0.2, 0.25) is 0 Å². The van der Waals surface area contributed by atoms with Gasteiger partial charge in [-0.2, -0.15) is 0 Å². The normalized spacial score (nSPS) is 21.2. The topological polar surface area (TPSA) is 59.1 Å². The summed E-state index contributed by atoms with van der Waals surface area (Å²) >= 11 is 0. The molecule has 0 unspecified atom stereocenters. The highest BCUT2D eigenvalue weighted by Gasteiger charge is 2.55. The summed E-state index contributed by atoms with van der Waals surface area (Å²) in [6.07, 6.45) is 1.10. The van der Waals surface area contributed by atoms with Crippen molar-refractivity contribution < 1.29 is 19.1 Å². The van der Waals surface area contributed by atoms with Crippen LogP contribution in [0.15, 0.2) is 42.5 Å². The number of rotatable bonds is 4. The van der Waals surface area contributed by atoms with E-state index < -0.39 is 5.54 Å². The molecule has 6 nitrogen and oxygen atoms in total. The fourth-order valence-electron chi connectivity index (χ4n) is 4.48. The quantitative estimate of drug-likeness (QED) is 0.814. The predicted octanol–water partition coefficient (Wildman–Crippen LogP) is 2.00. The van der Waals surface area contributed by atoms with Gasteiger partial charge in [0, 0.05) is 20.0 Å². The van der Waals surface area contributed by atoms with Crippen LogP contribution in [0.25, 0.3) is 0 Å². The van der Waals surface area contributed by atoms with Crippen LogP contribution in [0, 0.1) is 0 Å². The molecule has 28 heavy (non-hydrogen) atoms. The number of piperazine rings is 1. The minimum Gasteiger partial charge on any atom is -0.493 e. The van der Waals surface area contributed by atoms with E-state index in [9.17, 15) is 9.59 Å². The number of carbonyl (C=O) groups excluding carboxylic acids is 2. The van der Waals surface area contributed by atoms with E-state index in [0.717, 1.165) is 16.7 Å². The molecule has 2 amide bonds. The van der Waals surface area contributed by atoms with Crippen molar-refractivity contribution in [1.82, 2.24) is 9.80 Å². The van der Waals surface area contributed by atoms with E-state index in [1.54, 1.807) is 26.2 Å². The summed E-state index contributed by atoms with van der Waals surface area (Å²) in [7, 11) is 4.87. The molecule has 0 spiro atoms. The van der Waals surface area contributed by atoms with Crippen molar-refractivity contribution in [3.8, 4) is 11.5 Å². The van der Waals surface area contributed by atoms with E-state index in [0.29, 0.717) is 30.9 Å². The van der Waals surface area contributed by atoms with Gasteiger partial charge in [0.1, 0.15) is 0 Å². The first kappa shape index (κ1) is 18.3. The van der Waals surface area contributed by atoms with Crippen molar-refractivity contribution >= 4 is 11.8 Å². The Morgan fingerprint density at radius 3 is 2.39 bits per heavy atom. The Balaban J connectivity index is 1.97. The molecule has 2 aliphatic heterocycles. The van der Waals surface area contributed by atoms with Gasteiger partial charge in [0.05, 0.1) is 20.8 Å². The number of nitrogens with zero attached hydrogens (tertiary/aromatic N) is 2. The molecule has 146 valence electrons. The summed E-state index contributed by atoms with van der Waals surface area (Å²) < 4.78 is 11.0. The first-order chi connectivity index (χ1) is 13.5. The Hall–Kier alpha value is -3.02. The highest BCUT2D eigenvalue weighted by molar-refractivity contribution is 5.99. The fraction of sp³-hybridized carbons (Fsp3) is 0.364. The van der Waals surface area contributed by atoms with Crippen LogP contribution < -0.4 is 9.47 Å². The minimum absolute atomic E-state index is 0.0292. The lowest BCUT2D eigenvalue weighted by Gasteiger charge is -2.52. The van der Waals surface area contributed by atoms with Gasteiger partial charge in [-0.1, -0.05) is 30.3 Å². The van der Waals surface area contributed by atoms with Gasteiger partial charge in [0.2, 0.25) is 5.91 Å². The zero-order valence-corrected chi connectivity index (χ0v) is 16.4. The Morgan fingerprint density at radius 1 is 1.04 bits per heavy atom. The third kappa shape index (κ3) is 2.63. The first-order valence-corrected chi connectivity index (χ1v) is 9.36. The third-order valence-corrected chi connectivity index (χ3v) is 5.80. The summed E-state index contributed by atoms with van der Waals surface area (Å²) in [5.41, 5.74) is 1.77. The molecule has 1 saturated heterocycles. The zero-order chi connectivity index (χ0) is 19.9. The van der Waals surface area contributed by atoms with Crippen molar-refractivity contribution in [2.75, 3.05) is 34.4 Å². The first-order valence-electron chi connectivity index (χ1n) is 9.36. The van der Waals surface area contributed by atoms with E-state index >= 15 is 0 Å². The summed E-state index contributed by atoms with van der Waals surface area (Å²) in [6, 6.07) is 13.6. The van der Waals surface area contributed by atoms with Crippen molar-refractivity contribution in [3.63, 3.8) is 0 Å². The van der Waals surface area contributed by atoms with Crippen molar-refractivity contribution in [1.29, 1.82) is 0 Å². The lowest BCUT2D eigenvalue weighted by molar-refractivity contribution is -0.165. The molecule has 0 aromatic heterocycles. The van der Waals surface area contributed by atoms with Gasteiger partial charge in [-0.25, -0.2) is 0 Å². The lowest BCUT2D eigenvalue weighted by atomic mass is 9.74. The third-order valence-electron chi connectivity index (χ3n) is 5.80. The van der Waals surface area contributed by atoms with E-state index in [1.165, 1.54) is 4.90 Å².